The molecule has 0 bridgehead atoms. The Morgan fingerprint density at radius 3 is 2.50 bits per heavy atom. The second-order valence-electron chi connectivity index (χ2n) is 4.54. The van der Waals surface area contributed by atoms with Crippen LogP contribution in [0.1, 0.15) is 30.9 Å². The molecular weight excluding hydrogens is 226 g/mol. The van der Waals surface area contributed by atoms with Gasteiger partial charge in [-0.25, -0.2) is 0 Å². The number of amides is 1. The topological polar surface area (TPSA) is 40.5 Å². The largest absolute Gasteiger partial charge is 0.396 e. The van der Waals surface area contributed by atoms with Crippen molar-refractivity contribution in [1.29, 1.82) is 0 Å². The van der Waals surface area contributed by atoms with E-state index in [2.05, 4.69) is 31.2 Å². The minimum atomic E-state index is 0.141. The average molecular weight is 249 g/mol. The monoisotopic (exact) mass is 249 g/mol. The zero-order chi connectivity index (χ0) is 13.4. The Morgan fingerprint density at radius 2 is 1.94 bits per heavy atom. The molecule has 3 heteroatoms. The zero-order valence-corrected chi connectivity index (χ0v) is 11.4. The summed E-state index contributed by atoms with van der Waals surface area (Å²) in [5, 5.41) is 8.79. The van der Waals surface area contributed by atoms with Crippen LogP contribution in [0.3, 0.4) is 0 Å². The second kappa shape index (κ2) is 7.88. The van der Waals surface area contributed by atoms with Gasteiger partial charge in [0.15, 0.2) is 0 Å². The van der Waals surface area contributed by atoms with Gasteiger partial charge in [0, 0.05) is 26.1 Å². The lowest BCUT2D eigenvalue weighted by Crippen LogP contribution is -2.32. The Morgan fingerprint density at radius 1 is 1.28 bits per heavy atom. The quantitative estimate of drug-likeness (QED) is 0.804. The minimum Gasteiger partial charge on any atom is -0.396 e. The number of rotatable bonds is 7. The number of aliphatic hydroxyl groups excluding tert-OH is 1. The van der Waals surface area contributed by atoms with Gasteiger partial charge in [-0.1, -0.05) is 29.8 Å². The molecule has 1 aromatic carbocycles. The van der Waals surface area contributed by atoms with Crippen molar-refractivity contribution in [2.24, 2.45) is 0 Å². The Balaban J connectivity index is 2.41. The Kier molecular flexibility index (Phi) is 6.44. The van der Waals surface area contributed by atoms with Gasteiger partial charge in [-0.15, -0.1) is 0 Å². The van der Waals surface area contributed by atoms with E-state index in [1.54, 1.807) is 0 Å². The average Bonchev–Trinajstić information content (AvgIpc) is 2.39. The van der Waals surface area contributed by atoms with Crippen molar-refractivity contribution in [3.63, 3.8) is 0 Å². The highest BCUT2D eigenvalue weighted by molar-refractivity contribution is 5.76. The van der Waals surface area contributed by atoms with Crippen LogP contribution in [0.25, 0.3) is 0 Å². The van der Waals surface area contributed by atoms with Crippen LogP contribution in [-0.4, -0.2) is 35.6 Å². The van der Waals surface area contributed by atoms with Crippen molar-refractivity contribution in [2.75, 3.05) is 19.7 Å². The molecule has 0 aromatic heterocycles. The fourth-order valence-corrected chi connectivity index (χ4v) is 1.88. The first kappa shape index (κ1) is 14.7. The van der Waals surface area contributed by atoms with Crippen molar-refractivity contribution >= 4 is 5.91 Å². The summed E-state index contributed by atoms with van der Waals surface area (Å²) in [6.45, 7) is 5.54. The molecule has 18 heavy (non-hydrogen) atoms. The fourth-order valence-electron chi connectivity index (χ4n) is 1.88. The van der Waals surface area contributed by atoms with Crippen LogP contribution >= 0.6 is 0 Å². The van der Waals surface area contributed by atoms with E-state index in [9.17, 15) is 4.79 Å². The first-order valence-corrected chi connectivity index (χ1v) is 6.61. The highest BCUT2D eigenvalue weighted by Gasteiger charge is 2.10. The number of carbonyl (C=O) groups is 1. The number of hydrogen-bond acceptors (Lipinski definition) is 2. The molecule has 0 atom stereocenters. The third kappa shape index (κ3) is 4.88. The molecule has 0 aliphatic heterocycles. The smallest absolute Gasteiger partial charge is 0.222 e. The van der Waals surface area contributed by atoms with E-state index in [-0.39, 0.29) is 12.5 Å². The van der Waals surface area contributed by atoms with E-state index in [4.69, 9.17) is 5.11 Å². The molecule has 0 aliphatic rings. The van der Waals surface area contributed by atoms with Crippen molar-refractivity contribution in [1.82, 2.24) is 4.90 Å². The minimum absolute atomic E-state index is 0.141. The van der Waals surface area contributed by atoms with Crippen LogP contribution in [0, 0.1) is 6.92 Å². The first-order valence-electron chi connectivity index (χ1n) is 6.61. The molecule has 0 heterocycles. The van der Waals surface area contributed by atoms with Crippen molar-refractivity contribution < 1.29 is 9.90 Å². The molecule has 100 valence electrons. The molecular formula is C15H23NO2. The molecule has 3 nitrogen and oxygen atoms in total. The molecule has 0 fully saturated rings. The van der Waals surface area contributed by atoms with Gasteiger partial charge in [0.1, 0.15) is 0 Å². The Bertz CT molecular complexity index is 359. The third-order valence-corrected chi connectivity index (χ3v) is 3.07. The normalized spacial score (nSPS) is 10.4. The molecule has 1 aromatic rings. The summed E-state index contributed by atoms with van der Waals surface area (Å²) in [5.74, 6) is 0.173. The van der Waals surface area contributed by atoms with Gasteiger partial charge < -0.3 is 10.0 Å². The van der Waals surface area contributed by atoms with E-state index in [1.165, 1.54) is 11.1 Å². The SMILES string of the molecule is CCN(CCCO)C(=O)CCc1ccc(C)cc1. The predicted molar refractivity (Wildman–Crippen MR) is 73.5 cm³/mol. The van der Waals surface area contributed by atoms with E-state index in [0.717, 1.165) is 6.42 Å². The van der Waals surface area contributed by atoms with Crippen molar-refractivity contribution in [3.8, 4) is 0 Å². The van der Waals surface area contributed by atoms with Crippen LogP contribution in [0.2, 0.25) is 0 Å². The number of aliphatic hydroxyl groups is 1. The summed E-state index contributed by atoms with van der Waals surface area (Å²) in [5.41, 5.74) is 2.44. The highest BCUT2D eigenvalue weighted by atomic mass is 16.3. The predicted octanol–water partition coefficient (Wildman–Crippen LogP) is 2.16. The number of carbonyl (C=O) groups excluding carboxylic acids is 1. The standard InChI is InChI=1S/C15H23NO2/c1-3-16(11-4-12-17)15(18)10-9-14-7-5-13(2)6-8-14/h5-8,17H,3-4,9-12H2,1-2H3. The van der Waals surface area contributed by atoms with Crippen LogP contribution in [0.4, 0.5) is 0 Å². The zero-order valence-electron chi connectivity index (χ0n) is 11.4. The molecule has 1 N–H and O–H groups in total. The number of nitrogens with zero attached hydrogens (tertiary/aromatic N) is 1. The van der Waals surface area contributed by atoms with Gasteiger partial charge in [-0.05, 0) is 32.3 Å². The highest BCUT2D eigenvalue weighted by Crippen LogP contribution is 2.07. The molecule has 0 radical (unpaired) electrons. The lowest BCUT2D eigenvalue weighted by molar-refractivity contribution is -0.131. The van der Waals surface area contributed by atoms with E-state index in [1.807, 2.05) is 11.8 Å². The second-order valence-corrected chi connectivity index (χ2v) is 4.54. The summed E-state index contributed by atoms with van der Waals surface area (Å²) in [6.07, 6.45) is 1.99. The van der Waals surface area contributed by atoms with Crippen LogP contribution in [0.5, 0.6) is 0 Å². The van der Waals surface area contributed by atoms with E-state index in [0.29, 0.717) is 25.9 Å². The molecule has 0 aliphatic carbocycles. The van der Waals surface area contributed by atoms with Crippen molar-refractivity contribution in [2.45, 2.75) is 33.1 Å². The maximum absolute atomic E-state index is 12.0. The maximum Gasteiger partial charge on any atom is 0.222 e. The van der Waals surface area contributed by atoms with Gasteiger partial charge >= 0.3 is 0 Å². The third-order valence-electron chi connectivity index (χ3n) is 3.07. The Labute approximate surface area is 109 Å². The number of hydrogen-bond donors (Lipinski definition) is 1. The van der Waals surface area contributed by atoms with E-state index >= 15 is 0 Å². The van der Waals surface area contributed by atoms with Crippen LogP contribution in [-0.2, 0) is 11.2 Å². The van der Waals surface area contributed by atoms with Crippen molar-refractivity contribution in [3.05, 3.63) is 35.4 Å². The van der Waals surface area contributed by atoms with Crippen LogP contribution in [0.15, 0.2) is 24.3 Å². The summed E-state index contributed by atoms with van der Waals surface area (Å²) in [7, 11) is 0. The van der Waals surface area contributed by atoms with Gasteiger partial charge in [0.05, 0.1) is 0 Å². The van der Waals surface area contributed by atoms with Crippen LogP contribution < -0.4 is 0 Å². The number of benzene rings is 1. The summed E-state index contributed by atoms with van der Waals surface area (Å²) in [6, 6.07) is 8.30. The van der Waals surface area contributed by atoms with Gasteiger partial charge in [0.2, 0.25) is 5.91 Å². The molecule has 0 unspecified atom stereocenters. The fraction of sp³-hybridized carbons (Fsp3) is 0.533. The maximum atomic E-state index is 12.0. The van der Waals surface area contributed by atoms with Gasteiger partial charge in [-0.2, -0.15) is 0 Å². The molecule has 0 saturated carbocycles. The summed E-state index contributed by atoms with van der Waals surface area (Å²) < 4.78 is 0. The summed E-state index contributed by atoms with van der Waals surface area (Å²) >= 11 is 0. The molecule has 0 saturated heterocycles. The van der Waals surface area contributed by atoms with Gasteiger partial charge in [0.25, 0.3) is 0 Å². The molecule has 1 rings (SSSR count). The first-order chi connectivity index (χ1) is 8.67. The Hall–Kier alpha value is -1.35. The molecule has 1 amide bonds. The number of aryl methyl sites for hydroxylation is 2. The molecule has 0 spiro atoms. The lowest BCUT2D eigenvalue weighted by Gasteiger charge is -2.20. The lowest BCUT2D eigenvalue weighted by atomic mass is 10.1. The van der Waals surface area contributed by atoms with Gasteiger partial charge in [-0.3, -0.25) is 4.79 Å². The summed E-state index contributed by atoms with van der Waals surface area (Å²) in [4.78, 5) is 13.8. The van der Waals surface area contributed by atoms with E-state index < -0.39 is 0 Å².